The number of rotatable bonds is 5. The number of methoxy groups -OCH3 is 1. The van der Waals surface area contributed by atoms with Gasteiger partial charge < -0.3 is 25.3 Å². The van der Waals surface area contributed by atoms with Crippen molar-refractivity contribution in [2.75, 3.05) is 36.1 Å². The van der Waals surface area contributed by atoms with Crippen molar-refractivity contribution in [3.63, 3.8) is 0 Å². The Morgan fingerprint density at radius 1 is 1.23 bits per heavy atom. The second-order valence-corrected chi connectivity index (χ2v) is 7.30. The van der Waals surface area contributed by atoms with Crippen molar-refractivity contribution in [2.24, 2.45) is 0 Å². The summed E-state index contributed by atoms with van der Waals surface area (Å²) >= 11 is 0. The van der Waals surface area contributed by atoms with Gasteiger partial charge in [0.05, 0.1) is 18.4 Å². The Morgan fingerprint density at radius 2 is 1.94 bits per heavy atom. The SMILES string of the molecule is COC(=O)c1c(N)c(C#N)cn1-c1ccc(Nc2cc(N3CCCC3)nc(C)n2)cc1. The average molecular weight is 417 g/mol. The Bertz CT molecular complexity index is 1160. The van der Waals surface area contributed by atoms with E-state index in [0.29, 0.717) is 11.5 Å². The quantitative estimate of drug-likeness (QED) is 0.607. The van der Waals surface area contributed by atoms with Crippen LogP contribution in [0.1, 0.15) is 34.7 Å². The molecule has 9 nitrogen and oxygen atoms in total. The number of ether oxygens (including phenoxy) is 1. The minimum absolute atomic E-state index is 0.0995. The molecule has 1 aliphatic heterocycles. The number of benzene rings is 1. The number of hydrogen-bond donors (Lipinski definition) is 2. The number of nitrogens with zero attached hydrogens (tertiary/aromatic N) is 5. The van der Waals surface area contributed by atoms with Crippen molar-refractivity contribution in [2.45, 2.75) is 19.8 Å². The molecule has 3 N–H and O–H groups in total. The van der Waals surface area contributed by atoms with Crippen LogP contribution in [-0.4, -0.2) is 40.7 Å². The van der Waals surface area contributed by atoms with Crippen LogP contribution in [0.4, 0.5) is 23.0 Å². The van der Waals surface area contributed by atoms with Crippen LogP contribution in [0.5, 0.6) is 0 Å². The third-order valence-corrected chi connectivity index (χ3v) is 5.22. The fourth-order valence-electron chi connectivity index (χ4n) is 3.70. The zero-order valence-corrected chi connectivity index (χ0v) is 17.4. The minimum atomic E-state index is -0.605. The average Bonchev–Trinajstić information content (AvgIpc) is 3.41. The monoisotopic (exact) mass is 417 g/mol. The molecule has 0 saturated carbocycles. The summed E-state index contributed by atoms with van der Waals surface area (Å²) in [7, 11) is 1.28. The first kappa shape index (κ1) is 20.2. The second-order valence-electron chi connectivity index (χ2n) is 7.30. The van der Waals surface area contributed by atoms with Gasteiger partial charge in [-0.15, -0.1) is 0 Å². The molecule has 1 aromatic carbocycles. The van der Waals surface area contributed by atoms with Crippen molar-refractivity contribution in [3.8, 4) is 11.8 Å². The van der Waals surface area contributed by atoms with E-state index in [4.69, 9.17) is 10.5 Å². The van der Waals surface area contributed by atoms with E-state index in [0.717, 1.165) is 30.4 Å². The first-order valence-electron chi connectivity index (χ1n) is 9.97. The molecule has 1 saturated heterocycles. The molecule has 0 atom stereocenters. The van der Waals surface area contributed by atoms with E-state index in [1.165, 1.54) is 26.1 Å². The number of esters is 1. The molecular formula is C22H23N7O2. The third-order valence-electron chi connectivity index (χ3n) is 5.22. The van der Waals surface area contributed by atoms with Crippen LogP contribution >= 0.6 is 0 Å². The summed E-state index contributed by atoms with van der Waals surface area (Å²) in [5.41, 5.74) is 7.91. The van der Waals surface area contributed by atoms with Crippen molar-refractivity contribution in [3.05, 3.63) is 53.6 Å². The normalized spacial score (nSPS) is 13.1. The summed E-state index contributed by atoms with van der Waals surface area (Å²) in [5, 5.41) is 12.6. The van der Waals surface area contributed by atoms with Crippen LogP contribution in [0.25, 0.3) is 5.69 Å². The van der Waals surface area contributed by atoms with E-state index < -0.39 is 5.97 Å². The Hall–Kier alpha value is -4.06. The molecule has 0 aliphatic carbocycles. The molecule has 158 valence electrons. The van der Waals surface area contributed by atoms with E-state index >= 15 is 0 Å². The summed E-state index contributed by atoms with van der Waals surface area (Å²) in [6.45, 7) is 3.90. The van der Waals surface area contributed by atoms with Crippen LogP contribution in [0.3, 0.4) is 0 Å². The number of nitriles is 1. The first-order chi connectivity index (χ1) is 15.0. The molecule has 3 aromatic rings. The van der Waals surface area contributed by atoms with Crippen molar-refractivity contribution in [1.82, 2.24) is 14.5 Å². The zero-order valence-electron chi connectivity index (χ0n) is 17.4. The van der Waals surface area contributed by atoms with Gasteiger partial charge in [0.25, 0.3) is 0 Å². The van der Waals surface area contributed by atoms with Crippen LogP contribution in [0.2, 0.25) is 0 Å². The molecule has 0 spiro atoms. The van der Waals surface area contributed by atoms with E-state index in [2.05, 4.69) is 20.2 Å². The summed E-state index contributed by atoms with van der Waals surface area (Å²) in [4.78, 5) is 23.5. The lowest BCUT2D eigenvalue weighted by Gasteiger charge is -2.18. The predicted molar refractivity (Wildman–Crippen MR) is 118 cm³/mol. The van der Waals surface area contributed by atoms with Gasteiger partial charge in [-0.25, -0.2) is 14.8 Å². The van der Waals surface area contributed by atoms with Gasteiger partial charge in [-0.3, -0.25) is 0 Å². The van der Waals surface area contributed by atoms with Crippen LogP contribution in [0.15, 0.2) is 36.5 Å². The highest BCUT2D eigenvalue weighted by Gasteiger charge is 2.21. The van der Waals surface area contributed by atoms with E-state index in [-0.39, 0.29) is 16.9 Å². The van der Waals surface area contributed by atoms with Gasteiger partial charge in [0.1, 0.15) is 23.5 Å². The molecule has 0 amide bonds. The Balaban J connectivity index is 1.60. The van der Waals surface area contributed by atoms with Gasteiger partial charge in [0.15, 0.2) is 5.69 Å². The van der Waals surface area contributed by atoms with Crippen LogP contribution in [0, 0.1) is 18.3 Å². The van der Waals surface area contributed by atoms with Gasteiger partial charge in [-0.2, -0.15) is 5.26 Å². The number of hydrogen-bond acceptors (Lipinski definition) is 8. The Labute approximate surface area is 180 Å². The molecule has 0 radical (unpaired) electrons. The maximum Gasteiger partial charge on any atom is 0.357 e. The topological polar surface area (TPSA) is 122 Å². The number of nitrogens with one attached hydrogen (secondary N) is 1. The molecule has 4 rings (SSSR count). The molecule has 2 aromatic heterocycles. The van der Waals surface area contributed by atoms with Gasteiger partial charge in [0.2, 0.25) is 0 Å². The fourth-order valence-corrected chi connectivity index (χ4v) is 3.70. The van der Waals surface area contributed by atoms with Crippen molar-refractivity contribution < 1.29 is 9.53 Å². The smallest absolute Gasteiger partial charge is 0.357 e. The third kappa shape index (κ3) is 4.00. The molecule has 31 heavy (non-hydrogen) atoms. The Morgan fingerprint density at radius 3 is 2.58 bits per heavy atom. The van der Waals surface area contributed by atoms with Crippen LogP contribution < -0.4 is 16.0 Å². The van der Waals surface area contributed by atoms with Gasteiger partial charge in [-0.1, -0.05) is 0 Å². The highest BCUT2D eigenvalue weighted by Crippen LogP contribution is 2.27. The predicted octanol–water partition coefficient (Wildman–Crippen LogP) is 3.16. The Kier molecular flexibility index (Phi) is 5.45. The first-order valence-corrected chi connectivity index (χ1v) is 9.97. The molecule has 1 aliphatic rings. The fraction of sp³-hybridized carbons (Fsp3) is 0.273. The maximum absolute atomic E-state index is 12.2. The number of aromatic nitrogens is 3. The summed E-state index contributed by atoms with van der Waals surface area (Å²) in [6, 6.07) is 11.3. The van der Waals surface area contributed by atoms with Crippen molar-refractivity contribution in [1.29, 1.82) is 5.26 Å². The van der Waals surface area contributed by atoms with E-state index in [1.807, 2.05) is 43.3 Å². The number of aryl methyl sites for hydroxylation is 1. The highest BCUT2D eigenvalue weighted by molar-refractivity contribution is 5.96. The number of anilines is 4. The molecular weight excluding hydrogens is 394 g/mol. The van der Waals surface area contributed by atoms with Crippen LogP contribution in [-0.2, 0) is 4.74 Å². The second kappa shape index (κ2) is 8.36. The van der Waals surface area contributed by atoms with E-state index in [1.54, 1.807) is 4.57 Å². The summed E-state index contributed by atoms with van der Waals surface area (Å²) in [6.07, 6.45) is 3.89. The minimum Gasteiger partial charge on any atom is -0.464 e. The zero-order chi connectivity index (χ0) is 22.0. The standard InChI is InChI=1S/C22H23N7O2/c1-14-25-18(11-19(26-14)28-9-3-4-10-28)27-16-5-7-17(8-6-16)29-13-15(12-23)20(24)21(29)22(30)31-2/h5-8,11,13H,3-4,9-10,24H2,1-2H3,(H,25,26,27). The highest BCUT2D eigenvalue weighted by atomic mass is 16.5. The lowest BCUT2D eigenvalue weighted by atomic mass is 10.2. The largest absolute Gasteiger partial charge is 0.464 e. The van der Waals surface area contributed by atoms with Crippen molar-refractivity contribution >= 4 is 29.0 Å². The van der Waals surface area contributed by atoms with Gasteiger partial charge in [0, 0.05) is 36.7 Å². The molecule has 3 heterocycles. The molecule has 0 unspecified atom stereocenters. The lowest BCUT2D eigenvalue weighted by molar-refractivity contribution is 0.0593. The molecule has 9 heteroatoms. The number of nitrogen functional groups attached to an aromatic ring is 1. The van der Waals surface area contributed by atoms with Gasteiger partial charge >= 0.3 is 5.97 Å². The van der Waals surface area contributed by atoms with E-state index in [9.17, 15) is 10.1 Å². The number of carbonyl (C=O) groups is 1. The maximum atomic E-state index is 12.2. The van der Waals surface area contributed by atoms with Gasteiger partial charge in [-0.05, 0) is 44.0 Å². The summed E-state index contributed by atoms with van der Waals surface area (Å²) < 4.78 is 6.38. The number of carbonyl (C=O) groups excluding carboxylic acids is 1. The molecule has 1 fully saturated rings. The summed E-state index contributed by atoms with van der Waals surface area (Å²) in [5.74, 6) is 1.75. The lowest BCUT2D eigenvalue weighted by Crippen LogP contribution is -2.19. The number of nitrogens with two attached hydrogens (primary N) is 1. The molecule has 0 bridgehead atoms.